The minimum absolute atomic E-state index is 0.0192. The number of nitrogens with zero attached hydrogens (tertiary/aromatic N) is 1. The van der Waals surface area contributed by atoms with Gasteiger partial charge in [0.25, 0.3) is 5.56 Å². The fourth-order valence-corrected chi connectivity index (χ4v) is 5.57. The zero-order valence-corrected chi connectivity index (χ0v) is 11.6. The van der Waals surface area contributed by atoms with E-state index in [4.69, 9.17) is 0 Å². The Labute approximate surface area is 114 Å². The van der Waals surface area contributed by atoms with E-state index in [1.165, 1.54) is 11.8 Å². The minimum Gasteiger partial charge on any atom is -0.301 e. The maximum Gasteiger partial charge on any atom is 0.259 e. The van der Waals surface area contributed by atoms with Crippen molar-refractivity contribution in [3.63, 3.8) is 0 Å². The zero-order valence-electron chi connectivity index (χ0n) is 10.00. The van der Waals surface area contributed by atoms with Crippen LogP contribution in [0.25, 0.3) is 10.9 Å². The highest BCUT2D eigenvalue weighted by atomic mass is 32.2. The monoisotopic (exact) mass is 296 g/mol. The molecular formula is C12H12N2O3S2. The Morgan fingerprint density at radius 3 is 2.84 bits per heavy atom. The van der Waals surface area contributed by atoms with Crippen molar-refractivity contribution in [1.29, 1.82) is 0 Å². The standard InChI is InChI=1S/C12H12N2O3S2/c15-11-9-3-1-2-4-10(9)13-12(14-11)18-8-5-6-19(16,17)7-8/h1-4,8H,5-7H2,(H,13,14,15)/t8-/m1/s1. The number of benzene rings is 1. The van der Waals surface area contributed by atoms with E-state index >= 15 is 0 Å². The van der Waals surface area contributed by atoms with Crippen molar-refractivity contribution in [2.75, 3.05) is 11.5 Å². The molecule has 3 rings (SSSR count). The predicted molar refractivity (Wildman–Crippen MR) is 75.3 cm³/mol. The lowest BCUT2D eigenvalue weighted by Gasteiger charge is -2.06. The normalized spacial score (nSPS) is 21.8. The van der Waals surface area contributed by atoms with Gasteiger partial charge in [0.2, 0.25) is 0 Å². The molecule has 0 amide bonds. The highest BCUT2D eigenvalue weighted by molar-refractivity contribution is 8.01. The van der Waals surface area contributed by atoms with E-state index in [0.29, 0.717) is 22.5 Å². The maximum absolute atomic E-state index is 11.9. The molecule has 2 aromatic rings. The van der Waals surface area contributed by atoms with Crippen molar-refractivity contribution < 1.29 is 8.42 Å². The average molecular weight is 296 g/mol. The van der Waals surface area contributed by atoms with Crippen LogP contribution in [0.15, 0.2) is 34.2 Å². The third-order valence-electron chi connectivity index (χ3n) is 3.06. The average Bonchev–Trinajstić information content (AvgIpc) is 2.69. The molecule has 2 heterocycles. The number of thioether (sulfide) groups is 1. The lowest BCUT2D eigenvalue weighted by Crippen LogP contribution is -2.12. The second kappa shape index (κ2) is 4.64. The summed E-state index contributed by atoms with van der Waals surface area (Å²) in [6.45, 7) is 0. The van der Waals surface area contributed by atoms with Crippen molar-refractivity contribution >= 4 is 32.5 Å². The summed E-state index contributed by atoms with van der Waals surface area (Å²) < 4.78 is 22.8. The number of hydrogen-bond donors (Lipinski definition) is 1. The molecule has 7 heteroatoms. The van der Waals surface area contributed by atoms with Gasteiger partial charge in [-0.05, 0) is 18.6 Å². The van der Waals surface area contributed by atoms with Crippen LogP contribution in [0.5, 0.6) is 0 Å². The summed E-state index contributed by atoms with van der Waals surface area (Å²) in [4.78, 5) is 18.9. The molecule has 0 bridgehead atoms. The summed E-state index contributed by atoms with van der Waals surface area (Å²) in [6.07, 6.45) is 0.615. The van der Waals surface area contributed by atoms with E-state index in [-0.39, 0.29) is 22.3 Å². The zero-order chi connectivity index (χ0) is 13.5. The first-order valence-electron chi connectivity index (χ1n) is 5.90. The minimum atomic E-state index is -2.91. The van der Waals surface area contributed by atoms with Gasteiger partial charge in [-0.1, -0.05) is 23.9 Å². The van der Waals surface area contributed by atoms with E-state index in [9.17, 15) is 13.2 Å². The van der Waals surface area contributed by atoms with E-state index < -0.39 is 9.84 Å². The van der Waals surface area contributed by atoms with Gasteiger partial charge in [0.15, 0.2) is 15.0 Å². The first-order chi connectivity index (χ1) is 9.03. The van der Waals surface area contributed by atoms with Crippen LogP contribution in [0.3, 0.4) is 0 Å². The molecule has 0 saturated carbocycles. The van der Waals surface area contributed by atoms with Gasteiger partial charge >= 0.3 is 0 Å². The van der Waals surface area contributed by atoms with Gasteiger partial charge in [-0.3, -0.25) is 4.79 Å². The Balaban J connectivity index is 1.92. The van der Waals surface area contributed by atoms with E-state index in [2.05, 4.69) is 9.97 Å². The van der Waals surface area contributed by atoms with Crippen LogP contribution in [0.1, 0.15) is 6.42 Å². The van der Waals surface area contributed by atoms with Crippen LogP contribution in [0.2, 0.25) is 0 Å². The second-order valence-electron chi connectivity index (χ2n) is 4.53. The molecule has 19 heavy (non-hydrogen) atoms. The van der Waals surface area contributed by atoms with Gasteiger partial charge < -0.3 is 4.98 Å². The van der Waals surface area contributed by atoms with E-state index in [1.54, 1.807) is 18.2 Å². The fourth-order valence-electron chi connectivity index (χ4n) is 2.13. The van der Waals surface area contributed by atoms with Crippen molar-refractivity contribution in [3.05, 3.63) is 34.6 Å². The van der Waals surface area contributed by atoms with Crippen molar-refractivity contribution in [1.82, 2.24) is 9.97 Å². The molecular weight excluding hydrogens is 284 g/mol. The second-order valence-corrected chi connectivity index (χ2v) is 8.05. The Bertz CT molecular complexity index is 783. The van der Waals surface area contributed by atoms with Crippen LogP contribution >= 0.6 is 11.8 Å². The third-order valence-corrected chi connectivity index (χ3v) is 6.19. The first kappa shape index (κ1) is 12.7. The van der Waals surface area contributed by atoms with Crippen molar-refractivity contribution in [2.45, 2.75) is 16.8 Å². The summed E-state index contributed by atoms with van der Waals surface area (Å²) in [5.74, 6) is 0.386. The number of aromatic amines is 1. The van der Waals surface area contributed by atoms with Gasteiger partial charge in [-0.25, -0.2) is 13.4 Å². The molecule has 1 aromatic heterocycles. The molecule has 1 N–H and O–H groups in total. The van der Waals surface area contributed by atoms with Gasteiger partial charge in [0.1, 0.15) is 0 Å². The Morgan fingerprint density at radius 1 is 1.32 bits per heavy atom. The molecule has 5 nitrogen and oxygen atoms in total. The number of rotatable bonds is 2. The number of sulfone groups is 1. The Hall–Kier alpha value is -1.34. The van der Waals surface area contributed by atoms with Crippen LogP contribution in [0.4, 0.5) is 0 Å². The van der Waals surface area contributed by atoms with E-state index in [0.717, 1.165) is 0 Å². The topological polar surface area (TPSA) is 79.9 Å². The smallest absolute Gasteiger partial charge is 0.259 e. The highest BCUT2D eigenvalue weighted by Crippen LogP contribution is 2.28. The summed E-state index contributed by atoms with van der Waals surface area (Å²) in [5, 5.41) is 1.02. The number of para-hydroxylation sites is 1. The van der Waals surface area contributed by atoms with Gasteiger partial charge in [0.05, 0.1) is 22.4 Å². The molecule has 0 unspecified atom stereocenters. The Kier molecular flexibility index (Phi) is 3.10. The molecule has 1 aliphatic rings. The summed E-state index contributed by atoms with van der Waals surface area (Å²) in [7, 11) is -2.91. The fraction of sp³-hybridized carbons (Fsp3) is 0.333. The van der Waals surface area contributed by atoms with Crippen LogP contribution in [-0.2, 0) is 9.84 Å². The predicted octanol–water partition coefficient (Wildman–Crippen LogP) is 1.20. The third kappa shape index (κ3) is 2.66. The Morgan fingerprint density at radius 2 is 2.11 bits per heavy atom. The molecule has 0 spiro atoms. The van der Waals surface area contributed by atoms with Gasteiger partial charge in [0, 0.05) is 5.25 Å². The quantitative estimate of drug-likeness (QED) is 0.842. The van der Waals surface area contributed by atoms with Crippen LogP contribution in [0, 0.1) is 0 Å². The molecule has 0 radical (unpaired) electrons. The lowest BCUT2D eigenvalue weighted by molar-refractivity contribution is 0.602. The maximum atomic E-state index is 11.9. The van der Waals surface area contributed by atoms with Crippen molar-refractivity contribution in [3.8, 4) is 0 Å². The number of nitrogens with one attached hydrogen (secondary N) is 1. The lowest BCUT2D eigenvalue weighted by atomic mass is 10.2. The number of H-pyrrole nitrogens is 1. The molecule has 1 atom stereocenters. The SMILES string of the molecule is O=c1[nH]c(S[C@@H]2CCS(=O)(=O)C2)nc2ccccc12. The molecule has 0 aliphatic carbocycles. The van der Waals surface area contributed by atoms with Gasteiger partial charge in [-0.2, -0.15) is 0 Å². The number of fused-ring (bicyclic) bond motifs is 1. The molecule has 1 aliphatic heterocycles. The first-order valence-corrected chi connectivity index (χ1v) is 8.60. The molecule has 1 aromatic carbocycles. The van der Waals surface area contributed by atoms with Crippen LogP contribution in [-0.4, -0.2) is 35.1 Å². The molecule has 1 saturated heterocycles. The largest absolute Gasteiger partial charge is 0.301 e. The summed E-state index contributed by atoms with van der Waals surface area (Å²) in [5.41, 5.74) is 0.448. The van der Waals surface area contributed by atoms with E-state index in [1.807, 2.05) is 6.07 Å². The highest BCUT2D eigenvalue weighted by Gasteiger charge is 2.29. The summed E-state index contributed by atoms with van der Waals surface area (Å²) in [6, 6.07) is 7.11. The summed E-state index contributed by atoms with van der Waals surface area (Å²) >= 11 is 1.34. The number of hydrogen-bond acceptors (Lipinski definition) is 5. The molecule has 100 valence electrons. The molecule has 1 fully saturated rings. The van der Waals surface area contributed by atoms with Crippen LogP contribution < -0.4 is 5.56 Å². The van der Waals surface area contributed by atoms with Gasteiger partial charge in [-0.15, -0.1) is 0 Å². The number of aromatic nitrogens is 2. The van der Waals surface area contributed by atoms with Crippen molar-refractivity contribution in [2.24, 2.45) is 0 Å².